The normalized spacial score (nSPS) is 28.8. The fraction of sp³-hybridized carbons (Fsp3) is 0.696. The van der Waals surface area contributed by atoms with Crippen molar-refractivity contribution in [3.63, 3.8) is 0 Å². The van der Waals surface area contributed by atoms with Gasteiger partial charge in [-0.05, 0) is 73.6 Å². The Labute approximate surface area is 175 Å². The number of rotatable bonds is 4. The lowest BCUT2D eigenvalue weighted by Crippen LogP contribution is -2.48. The molecule has 29 heavy (non-hydrogen) atoms. The van der Waals surface area contributed by atoms with Gasteiger partial charge in [0.25, 0.3) is 0 Å². The number of aryl methyl sites for hydroxylation is 2. The average Bonchev–Trinajstić information content (AvgIpc) is 3.19. The van der Waals surface area contributed by atoms with Crippen molar-refractivity contribution in [2.75, 3.05) is 13.1 Å². The van der Waals surface area contributed by atoms with Crippen molar-refractivity contribution in [2.45, 2.75) is 76.2 Å². The van der Waals surface area contributed by atoms with Crippen LogP contribution in [0.3, 0.4) is 0 Å². The molecule has 0 spiro atoms. The molecule has 0 aromatic heterocycles. The Morgan fingerprint density at radius 2 is 1.72 bits per heavy atom. The Hall–Kier alpha value is -1.40. The van der Waals surface area contributed by atoms with Crippen LogP contribution in [-0.2, 0) is 27.7 Å². The molecule has 1 amide bonds. The molecule has 3 atom stereocenters. The van der Waals surface area contributed by atoms with Crippen LogP contribution in [0, 0.1) is 17.8 Å². The van der Waals surface area contributed by atoms with E-state index in [4.69, 9.17) is 0 Å². The van der Waals surface area contributed by atoms with Crippen molar-refractivity contribution in [3.8, 4) is 0 Å². The van der Waals surface area contributed by atoms with Crippen LogP contribution in [0.15, 0.2) is 23.1 Å². The summed E-state index contributed by atoms with van der Waals surface area (Å²) in [4.78, 5) is 13.2. The molecule has 1 aliphatic heterocycles. The van der Waals surface area contributed by atoms with Crippen LogP contribution in [0.2, 0.25) is 0 Å². The quantitative estimate of drug-likeness (QED) is 0.814. The van der Waals surface area contributed by atoms with E-state index in [1.165, 1.54) is 24.0 Å². The Bertz CT molecular complexity index is 859. The number of sulfonamides is 1. The van der Waals surface area contributed by atoms with Crippen molar-refractivity contribution in [1.29, 1.82) is 0 Å². The minimum absolute atomic E-state index is 0.0779. The molecule has 0 bridgehead atoms. The van der Waals surface area contributed by atoms with Crippen LogP contribution in [0.4, 0.5) is 0 Å². The third-order valence-electron chi connectivity index (χ3n) is 7.57. The minimum atomic E-state index is -3.47. The topological polar surface area (TPSA) is 66.5 Å². The molecule has 4 rings (SSSR count). The van der Waals surface area contributed by atoms with Crippen LogP contribution in [0.1, 0.15) is 63.5 Å². The molecule has 160 valence electrons. The van der Waals surface area contributed by atoms with Gasteiger partial charge in [0.1, 0.15) is 0 Å². The summed E-state index contributed by atoms with van der Waals surface area (Å²) >= 11 is 0. The summed E-state index contributed by atoms with van der Waals surface area (Å²) in [6.07, 6.45) is 7.81. The van der Waals surface area contributed by atoms with E-state index in [0.29, 0.717) is 42.7 Å². The van der Waals surface area contributed by atoms with E-state index in [-0.39, 0.29) is 17.9 Å². The van der Waals surface area contributed by atoms with E-state index >= 15 is 0 Å². The fourth-order valence-electron chi connectivity index (χ4n) is 5.30. The summed E-state index contributed by atoms with van der Waals surface area (Å²) in [5.74, 6) is 1.19. The standard InChI is InChI=1S/C23H34N2O3S/c1-16-5-3-8-22(17(16)2)24-23(26)19-11-13-25(14-12-19)29(27,28)21-10-9-18-6-4-7-20(18)15-21/h9-10,15-17,19,22H,3-8,11-14H2,1-2H3,(H,24,26)/t16-,17+,22-/m1/s1. The number of nitrogens with zero attached hydrogens (tertiary/aromatic N) is 1. The van der Waals surface area contributed by atoms with Gasteiger partial charge in [0.05, 0.1) is 4.90 Å². The zero-order valence-corrected chi connectivity index (χ0v) is 18.5. The van der Waals surface area contributed by atoms with Gasteiger partial charge in [0.2, 0.25) is 15.9 Å². The minimum Gasteiger partial charge on any atom is -0.353 e. The molecule has 1 N–H and O–H groups in total. The lowest BCUT2D eigenvalue weighted by molar-refractivity contribution is -0.127. The van der Waals surface area contributed by atoms with Crippen LogP contribution < -0.4 is 5.32 Å². The third kappa shape index (κ3) is 4.24. The zero-order chi connectivity index (χ0) is 20.6. The molecular weight excluding hydrogens is 384 g/mol. The van der Waals surface area contributed by atoms with Gasteiger partial charge in [0, 0.05) is 25.0 Å². The zero-order valence-electron chi connectivity index (χ0n) is 17.7. The molecule has 0 unspecified atom stereocenters. The van der Waals surface area contributed by atoms with Crippen LogP contribution in [0.25, 0.3) is 0 Å². The Kier molecular flexibility index (Phi) is 6.03. The predicted molar refractivity (Wildman–Crippen MR) is 114 cm³/mol. The first-order chi connectivity index (χ1) is 13.9. The summed E-state index contributed by atoms with van der Waals surface area (Å²) < 4.78 is 27.7. The molecule has 1 saturated heterocycles. The summed E-state index contributed by atoms with van der Waals surface area (Å²) in [6, 6.07) is 5.85. The molecule has 2 fully saturated rings. The number of carbonyl (C=O) groups is 1. The lowest BCUT2D eigenvalue weighted by Gasteiger charge is -2.36. The highest BCUT2D eigenvalue weighted by Crippen LogP contribution is 2.31. The number of hydrogen-bond donors (Lipinski definition) is 1. The van der Waals surface area contributed by atoms with Gasteiger partial charge in [-0.1, -0.05) is 32.8 Å². The smallest absolute Gasteiger partial charge is 0.243 e. The molecule has 5 nitrogen and oxygen atoms in total. The maximum atomic E-state index is 13.1. The highest BCUT2D eigenvalue weighted by atomic mass is 32.2. The molecule has 1 aromatic rings. The van der Waals surface area contributed by atoms with Crippen molar-refractivity contribution < 1.29 is 13.2 Å². The van der Waals surface area contributed by atoms with E-state index < -0.39 is 10.0 Å². The second kappa shape index (κ2) is 8.38. The molecule has 3 aliphatic rings. The van der Waals surface area contributed by atoms with E-state index in [2.05, 4.69) is 19.2 Å². The van der Waals surface area contributed by atoms with Gasteiger partial charge in [-0.15, -0.1) is 0 Å². The maximum Gasteiger partial charge on any atom is 0.243 e. The summed E-state index contributed by atoms with van der Waals surface area (Å²) in [5.41, 5.74) is 2.46. The van der Waals surface area contributed by atoms with E-state index in [1.807, 2.05) is 12.1 Å². The molecule has 6 heteroatoms. The molecule has 0 radical (unpaired) electrons. The van der Waals surface area contributed by atoms with Crippen molar-refractivity contribution in [3.05, 3.63) is 29.3 Å². The summed E-state index contributed by atoms with van der Waals surface area (Å²) in [6.45, 7) is 5.36. The average molecular weight is 419 g/mol. The van der Waals surface area contributed by atoms with Gasteiger partial charge in [0.15, 0.2) is 0 Å². The van der Waals surface area contributed by atoms with Crippen molar-refractivity contribution in [2.24, 2.45) is 17.8 Å². The van der Waals surface area contributed by atoms with Gasteiger partial charge in [-0.3, -0.25) is 4.79 Å². The molecule has 2 aliphatic carbocycles. The second-order valence-corrected chi connectivity index (χ2v) is 11.3. The first-order valence-electron chi connectivity index (χ1n) is 11.3. The number of nitrogens with one attached hydrogen (secondary N) is 1. The highest BCUT2D eigenvalue weighted by molar-refractivity contribution is 7.89. The van der Waals surface area contributed by atoms with Crippen LogP contribution >= 0.6 is 0 Å². The molecule has 1 aromatic carbocycles. The first-order valence-corrected chi connectivity index (χ1v) is 12.7. The van der Waals surface area contributed by atoms with Crippen LogP contribution in [-0.4, -0.2) is 37.8 Å². The van der Waals surface area contributed by atoms with Gasteiger partial charge < -0.3 is 5.32 Å². The molecular formula is C23H34N2O3S. The number of piperidine rings is 1. The maximum absolute atomic E-state index is 13.1. The van der Waals surface area contributed by atoms with Gasteiger partial charge in [-0.25, -0.2) is 8.42 Å². The number of benzene rings is 1. The van der Waals surface area contributed by atoms with Crippen molar-refractivity contribution in [1.82, 2.24) is 9.62 Å². The number of hydrogen-bond acceptors (Lipinski definition) is 3. The Balaban J connectivity index is 1.35. The largest absolute Gasteiger partial charge is 0.353 e. The van der Waals surface area contributed by atoms with Crippen molar-refractivity contribution >= 4 is 15.9 Å². The van der Waals surface area contributed by atoms with Crippen LogP contribution in [0.5, 0.6) is 0 Å². The Morgan fingerprint density at radius 3 is 2.48 bits per heavy atom. The third-order valence-corrected chi connectivity index (χ3v) is 9.46. The summed E-state index contributed by atoms with van der Waals surface area (Å²) in [5, 5.41) is 3.28. The number of amides is 1. The first kappa shape index (κ1) is 20.9. The molecule has 1 heterocycles. The highest BCUT2D eigenvalue weighted by Gasteiger charge is 2.35. The van der Waals surface area contributed by atoms with E-state index in [1.54, 1.807) is 10.4 Å². The monoisotopic (exact) mass is 418 g/mol. The number of carbonyl (C=O) groups excluding carboxylic acids is 1. The van der Waals surface area contributed by atoms with Gasteiger partial charge in [-0.2, -0.15) is 4.31 Å². The fourth-order valence-corrected chi connectivity index (χ4v) is 6.82. The number of fused-ring (bicyclic) bond motifs is 1. The SMILES string of the molecule is C[C@H]1[C@H](C)CCC[C@H]1NC(=O)C1CCN(S(=O)(=O)c2ccc3c(c2)CCC3)CC1. The predicted octanol–water partition coefficient (Wildman–Crippen LogP) is 3.52. The second-order valence-electron chi connectivity index (χ2n) is 9.34. The van der Waals surface area contributed by atoms with Gasteiger partial charge >= 0.3 is 0 Å². The molecule has 1 saturated carbocycles. The van der Waals surface area contributed by atoms with E-state index in [0.717, 1.165) is 25.7 Å². The Morgan fingerprint density at radius 1 is 1.00 bits per heavy atom. The summed E-state index contributed by atoms with van der Waals surface area (Å²) in [7, 11) is -3.47. The lowest BCUT2D eigenvalue weighted by atomic mass is 9.78. The van der Waals surface area contributed by atoms with E-state index in [9.17, 15) is 13.2 Å².